The van der Waals surface area contributed by atoms with Gasteiger partial charge in [0.25, 0.3) is 0 Å². The van der Waals surface area contributed by atoms with E-state index in [1.54, 1.807) is 0 Å². The third-order valence-corrected chi connectivity index (χ3v) is 4.39. The maximum absolute atomic E-state index is 12.2. The topological polar surface area (TPSA) is 29.5 Å². The predicted molar refractivity (Wildman–Crippen MR) is 67.9 cm³/mol. The van der Waals surface area contributed by atoms with E-state index in [0.29, 0.717) is 12.1 Å². The van der Waals surface area contributed by atoms with Crippen LogP contribution in [0.15, 0.2) is 0 Å². The number of amides is 1. The molecular formula is C14H25NO2. The zero-order valence-electron chi connectivity index (χ0n) is 11.5. The fourth-order valence-corrected chi connectivity index (χ4v) is 3.11. The lowest BCUT2D eigenvalue weighted by Gasteiger charge is -2.38. The number of piperidine rings is 1. The van der Waals surface area contributed by atoms with Crippen LogP contribution in [0.4, 0.5) is 4.79 Å². The fourth-order valence-electron chi connectivity index (χ4n) is 3.11. The van der Waals surface area contributed by atoms with Crippen molar-refractivity contribution in [2.45, 2.75) is 77.5 Å². The van der Waals surface area contributed by atoms with E-state index in [1.165, 1.54) is 0 Å². The van der Waals surface area contributed by atoms with Crippen molar-refractivity contribution >= 4 is 6.09 Å². The van der Waals surface area contributed by atoms with E-state index in [4.69, 9.17) is 4.74 Å². The second kappa shape index (κ2) is 4.51. The summed E-state index contributed by atoms with van der Waals surface area (Å²) in [5, 5.41) is 0. The van der Waals surface area contributed by atoms with Gasteiger partial charge in [-0.1, -0.05) is 13.8 Å². The highest BCUT2D eigenvalue weighted by Crippen LogP contribution is 2.39. The van der Waals surface area contributed by atoms with Crippen LogP contribution in [-0.2, 0) is 4.74 Å². The van der Waals surface area contributed by atoms with Crippen molar-refractivity contribution < 1.29 is 9.53 Å². The molecular weight excluding hydrogens is 214 g/mol. The van der Waals surface area contributed by atoms with Gasteiger partial charge in [0.2, 0.25) is 0 Å². The van der Waals surface area contributed by atoms with Crippen LogP contribution in [0.3, 0.4) is 0 Å². The summed E-state index contributed by atoms with van der Waals surface area (Å²) in [6.45, 7) is 8.32. The molecule has 0 radical (unpaired) electrons. The Balaban J connectivity index is 2.01. The first-order valence-corrected chi connectivity index (χ1v) is 6.94. The zero-order valence-corrected chi connectivity index (χ0v) is 11.5. The largest absolute Gasteiger partial charge is 0.443 e. The SMILES string of the molecule is CCC(C)(C)OC(=O)N1C2CC[C@H]1CC(C)C2. The third kappa shape index (κ3) is 2.58. The Hall–Kier alpha value is -0.730. The van der Waals surface area contributed by atoms with Gasteiger partial charge >= 0.3 is 6.09 Å². The molecule has 0 aromatic heterocycles. The normalized spacial score (nSPS) is 32.7. The van der Waals surface area contributed by atoms with Crippen molar-refractivity contribution in [2.75, 3.05) is 0 Å². The minimum atomic E-state index is -0.334. The Labute approximate surface area is 105 Å². The molecule has 2 aliphatic heterocycles. The van der Waals surface area contributed by atoms with E-state index in [9.17, 15) is 4.79 Å². The van der Waals surface area contributed by atoms with Gasteiger partial charge in [-0.25, -0.2) is 4.79 Å². The van der Waals surface area contributed by atoms with Crippen LogP contribution in [0.1, 0.15) is 59.8 Å². The van der Waals surface area contributed by atoms with Crippen molar-refractivity contribution in [3.63, 3.8) is 0 Å². The molecule has 1 amide bonds. The molecule has 0 aromatic rings. The molecule has 2 bridgehead atoms. The summed E-state index contributed by atoms with van der Waals surface area (Å²) in [7, 11) is 0. The number of carbonyl (C=O) groups excluding carboxylic acids is 1. The average molecular weight is 239 g/mol. The Morgan fingerprint density at radius 2 is 1.82 bits per heavy atom. The maximum Gasteiger partial charge on any atom is 0.410 e. The van der Waals surface area contributed by atoms with Gasteiger partial charge in [-0.2, -0.15) is 0 Å². The first-order valence-electron chi connectivity index (χ1n) is 6.94. The number of carbonyl (C=O) groups is 1. The lowest BCUT2D eigenvalue weighted by atomic mass is 9.93. The average Bonchev–Trinajstić information content (AvgIpc) is 2.51. The number of hydrogen-bond acceptors (Lipinski definition) is 2. The van der Waals surface area contributed by atoms with E-state index in [0.717, 1.165) is 38.0 Å². The molecule has 2 heterocycles. The van der Waals surface area contributed by atoms with Gasteiger partial charge in [0.15, 0.2) is 0 Å². The lowest BCUT2D eigenvalue weighted by Crippen LogP contribution is -2.48. The molecule has 3 heteroatoms. The van der Waals surface area contributed by atoms with Gasteiger partial charge in [-0.3, -0.25) is 0 Å². The van der Waals surface area contributed by atoms with E-state index in [1.807, 2.05) is 18.7 Å². The standard InChI is InChI=1S/C14H25NO2/c1-5-14(3,4)17-13(16)15-11-6-7-12(15)9-10(2)8-11/h10-12H,5-9H2,1-4H3/t10?,11-,12?/m0/s1. The Kier molecular flexibility index (Phi) is 3.37. The molecule has 0 N–H and O–H groups in total. The molecule has 0 aliphatic carbocycles. The van der Waals surface area contributed by atoms with Crippen LogP contribution < -0.4 is 0 Å². The fraction of sp³-hybridized carbons (Fsp3) is 0.929. The second-order valence-corrected chi connectivity index (χ2v) is 6.35. The highest BCUT2D eigenvalue weighted by molar-refractivity contribution is 5.69. The van der Waals surface area contributed by atoms with Gasteiger partial charge in [-0.05, 0) is 51.9 Å². The number of fused-ring (bicyclic) bond motifs is 2. The van der Waals surface area contributed by atoms with E-state index in [2.05, 4.69) is 13.8 Å². The predicted octanol–water partition coefficient (Wildman–Crippen LogP) is 3.57. The second-order valence-electron chi connectivity index (χ2n) is 6.35. The molecule has 17 heavy (non-hydrogen) atoms. The van der Waals surface area contributed by atoms with Gasteiger partial charge in [0.1, 0.15) is 5.60 Å². The van der Waals surface area contributed by atoms with Crippen molar-refractivity contribution in [2.24, 2.45) is 5.92 Å². The van der Waals surface area contributed by atoms with Crippen molar-refractivity contribution in [1.82, 2.24) is 4.90 Å². The van der Waals surface area contributed by atoms with Crippen molar-refractivity contribution in [3.8, 4) is 0 Å². The first kappa shape index (κ1) is 12.7. The molecule has 2 rings (SSSR count). The molecule has 2 saturated heterocycles. The van der Waals surface area contributed by atoms with Crippen LogP contribution in [0, 0.1) is 5.92 Å². The smallest absolute Gasteiger partial charge is 0.410 e. The Bertz CT molecular complexity index is 287. The summed E-state index contributed by atoms with van der Waals surface area (Å²) >= 11 is 0. The molecule has 0 saturated carbocycles. The van der Waals surface area contributed by atoms with E-state index < -0.39 is 0 Å². The number of hydrogen-bond donors (Lipinski definition) is 0. The van der Waals surface area contributed by atoms with Crippen molar-refractivity contribution in [3.05, 3.63) is 0 Å². The maximum atomic E-state index is 12.2. The van der Waals surface area contributed by atoms with Crippen LogP contribution in [0.2, 0.25) is 0 Å². The van der Waals surface area contributed by atoms with E-state index >= 15 is 0 Å². The molecule has 2 unspecified atom stereocenters. The van der Waals surface area contributed by atoms with Gasteiger partial charge in [-0.15, -0.1) is 0 Å². The number of nitrogens with zero attached hydrogens (tertiary/aromatic N) is 1. The molecule has 0 spiro atoms. The molecule has 3 atom stereocenters. The molecule has 98 valence electrons. The molecule has 3 nitrogen and oxygen atoms in total. The quantitative estimate of drug-likeness (QED) is 0.737. The van der Waals surface area contributed by atoms with Gasteiger partial charge in [0.05, 0.1) is 0 Å². The monoisotopic (exact) mass is 239 g/mol. The number of ether oxygens (including phenoxy) is 1. The van der Waals surface area contributed by atoms with Gasteiger partial charge in [0, 0.05) is 12.1 Å². The summed E-state index contributed by atoms with van der Waals surface area (Å²) in [5.41, 5.74) is -0.334. The van der Waals surface area contributed by atoms with Crippen LogP contribution in [-0.4, -0.2) is 28.7 Å². The summed E-state index contributed by atoms with van der Waals surface area (Å²) in [6.07, 6.45) is 5.40. The summed E-state index contributed by atoms with van der Waals surface area (Å²) in [4.78, 5) is 14.3. The summed E-state index contributed by atoms with van der Waals surface area (Å²) in [5.74, 6) is 0.760. The molecule has 2 fully saturated rings. The zero-order chi connectivity index (χ0) is 12.6. The minimum Gasteiger partial charge on any atom is -0.443 e. The Morgan fingerprint density at radius 1 is 1.29 bits per heavy atom. The minimum absolute atomic E-state index is 0.0868. The highest BCUT2D eigenvalue weighted by Gasteiger charge is 2.43. The van der Waals surface area contributed by atoms with Crippen LogP contribution in [0.25, 0.3) is 0 Å². The van der Waals surface area contributed by atoms with Gasteiger partial charge < -0.3 is 9.64 Å². The summed E-state index contributed by atoms with van der Waals surface area (Å²) in [6, 6.07) is 0.868. The Morgan fingerprint density at radius 3 is 2.29 bits per heavy atom. The molecule has 0 aromatic carbocycles. The van der Waals surface area contributed by atoms with Crippen molar-refractivity contribution in [1.29, 1.82) is 0 Å². The summed E-state index contributed by atoms with van der Waals surface area (Å²) < 4.78 is 5.63. The highest BCUT2D eigenvalue weighted by atomic mass is 16.6. The first-order chi connectivity index (χ1) is 7.93. The molecule has 2 aliphatic rings. The van der Waals surface area contributed by atoms with E-state index in [-0.39, 0.29) is 11.7 Å². The lowest BCUT2D eigenvalue weighted by molar-refractivity contribution is -0.00761. The van der Waals surface area contributed by atoms with Crippen LogP contribution >= 0.6 is 0 Å². The third-order valence-electron chi connectivity index (χ3n) is 4.39. The number of rotatable bonds is 2. The van der Waals surface area contributed by atoms with Crippen LogP contribution in [0.5, 0.6) is 0 Å².